The van der Waals surface area contributed by atoms with Gasteiger partial charge in [-0.25, -0.2) is 8.42 Å². The van der Waals surface area contributed by atoms with Crippen LogP contribution in [0.1, 0.15) is 34.8 Å². The van der Waals surface area contributed by atoms with Crippen molar-refractivity contribution in [3.8, 4) is 5.75 Å². The summed E-state index contributed by atoms with van der Waals surface area (Å²) in [5, 5.41) is 0. The highest BCUT2D eigenvalue weighted by Gasteiger charge is 2.30. The molecule has 0 unspecified atom stereocenters. The molecule has 1 heterocycles. The van der Waals surface area contributed by atoms with Gasteiger partial charge in [0.1, 0.15) is 5.75 Å². The Labute approximate surface area is 148 Å². The number of amides is 1. The first kappa shape index (κ1) is 17.5. The minimum absolute atomic E-state index is 0.000274. The van der Waals surface area contributed by atoms with Gasteiger partial charge in [0.15, 0.2) is 9.84 Å². The van der Waals surface area contributed by atoms with Crippen molar-refractivity contribution >= 4 is 15.7 Å². The van der Waals surface area contributed by atoms with Crippen LogP contribution in [-0.2, 0) is 9.84 Å². The number of rotatable bonds is 4. The van der Waals surface area contributed by atoms with Gasteiger partial charge >= 0.3 is 0 Å². The zero-order valence-corrected chi connectivity index (χ0v) is 15.1. The summed E-state index contributed by atoms with van der Waals surface area (Å²) in [5.41, 5.74) is 1.47. The maximum Gasteiger partial charge on any atom is 0.254 e. The molecule has 2 aromatic carbocycles. The summed E-state index contributed by atoms with van der Waals surface area (Å²) < 4.78 is 28.7. The molecule has 0 spiro atoms. The van der Waals surface area contributed by atoms with Crippen LogP contribution in [0, 0.1) is 0 Å². The fourth-order valence-electron chi connectivity index (χ4n) is 3.21. The number of carbonyl (C=O) groups is 1. The maximum absolute atomic E-state index is 12.9. The molecule has 0 aromatic heterocycles. The minimum atomic E-state index is -3.34. The minimum Gasteiger partial charge on any atom is -0.497 e. The molecular weight excluding hydrogens is 338 g/mol. The molecule has 6 heteroatoms. The number of methoxy groups -OCH3 is 1. The van der Waals surface area contributed by atoms with Crippen LogP contribution in [0.2, 0.25) is 0 Å². The normalized spacial score (nSPS) is 17.5. The predicted octanol–water partition coefficient (Wildman–Crippen LogP) is 3.08. The number of hydrogen-bond donors (Lipinski definition) is 0. The summed E-state index contributed by atoms with van der Waals surface area (Å²) in [6.45, 7) is 0.665. The van der Waals surface area contributed by atoms with Gasteiger partial charge in [0.25, 0.3) is 5.91 Å². The molecule has 0 N–H and O–H groups in total. The van der Waals surface area contributed by atoms with Gasteiger partial charge in [0, 0.05) is 18.4 Å². The first-order valence-electron chi connectivity index (χ1n) is 8.15. The van der Waals surface area contributed by atoms with Crippen LogP contribution in [0.4, 0.5) is 0 Å². The zero-order chi connectivity index (χ0) is 18.0. The fraction of sp³-hybridized carbons (Fsp3) is 0.316. The average molecular weight is 359 g/mol. The van der Waals surface area contributed by atoms with E-state index in [1.807, 2.05) is 29.2 Å². The molecule has 2 aromatic rings. The number of hydrogen-bond acceptors (Lipinski definition) is 4. The van der Waals surface area contributed by atoms with Crippen LogP contribution in [0.3, 0.4) is 0 Å². The first-order valence-corrected chi connectivity index (χ1v) is 10.0. The lowest BCUT2D eigenvalue weighted by molar-refractivity contribution is 0.0735. The Morgan fingerprint density at radius 2 is 1.88 bits per heavy atom. The molecule has 25 heavy (non-hydrogen) atoms. The lowest BCUT2D eigenvalue weighted by Gasteiger charge is -2.25. The quantitative estimate of drug-likeness (QED) is 0.842. The zero-order valence-electron chi connectivity index (χ0n) is 14.3. The Bertz CT molecular complexity index is 875. The average Bonchev–Trinajstić information content (AvgIpc) is 3.10. The third-order valence-electron chi connectivity index (χ3n) is 4.52. The Morgan fingerprint density at radius 3 is 2.52 bits per heavy atom. The molecule has 0 aliphatic carbocycles. The van der Waals surface area contributed by atoms with Crippen LogP contribution in [-0.4, -0.2) is 39.1 Å². The van der Waals surface area contributed by atoms with E-state index < -0.39 is 9.84 Å². The van der Waals surface area contributed by atoms with Gasteiger partial charge in [-0.1, -0.05) is 18.2 Å². The fourth-order valence-corrected chi connectivity index (χ4v) is 3.87. The Balaban J connectivity index is 1.88. The maximum atomic E-state index is 12.9. The number of benzene rings is 2. The van der Waals surface area contributed by atoms with Gasteiger partial charge in [-0.15, -0.1) is 0 Å². The summed E-state index contributed by atoms with van der Waals surface area (Å²) in [6, 6.07) is 14.0. The van der Waals surface area contributed by atoms with Crippen molar-refractivity contribution in [2.45, 2.75) is 23.8 Å². The largest absolute Gasteiger partial charge is 0.497 e. The van der Waals surface area contributed by atoms with Crippen molar-refractivity contribution in [1.29, 1.82) is 0 Å². The van der Waals surface area contributed by atoms with Crippen LogP contribution in [0.15, 0.2) is 53.4 Å². The van der Waals surface area contributed by atoms with Gasteiger partial charge in [-0.3, -0.25) is 4.79 Å². The molecule has 1 saturated heterocycles. The third-order valence-corrected chi connectivity index (χ3v) is 5.63. The van der Waals surface area contributed by atoms with E-state index in [0.29, 0.717) is 12.1 Å². The number of likely N-dealkylation sites (tertiary alicyclic amines) is 1. The van der Waals surface area contributed by atoms with Crippen molar-refractivity contribution < 1.29 is 17.9 Å². The molecule has 0 radical (unpaired) electrons. The topological polar surface area (TPSA) is 63.7 Å². The van der Waals surface area contributed by atoms with E-state index in [2.05, 4.69) is 0 Å². The SMILES string of the molecule is COc1ccc([C@@H]2CCCN2C(=O)c2cccc(S(C)(=O)=O)c2)cc1. The number of ether oxygens (including phenoxy) is 1. The van der Waals surface area contributed by atoms with E-state index in [0.717, 1.165) is 30.4 Å². The molecule has 0 saturated carbocycles. The highest BCUT2D eigenvalue weighted by atomic mass is 32.2. The molecule has 1 atom stereocenters. The summed E-state index contributed by atoms with van der Waals surface area (Å²) >= 11 is 0. The smallest absolute Gasteiger partial charge is 0.254 e. The standard InChI is InChI=1S/C19H21NO4S/c1-24-16-10-8-14(9-11-16)18-7-4-12-20(18)19(21)15-5-3-6-17(13-15)25(2,22)23/h3,5-6,8-11,13,18H,4,7,12H2,1-2H3/t18-/m0/s1. The van der Waals surface area contributed by atoms with E-state index in [9.17, 15) is 13.2 Å². The Morgan fingerprint density at radius 1 is 1.16 bits per heavy atom. The second kappa shape index (κ2) is 6.88. The number of sulfone groups is 1. The molecule has 5 nitrogen and oxygen atoms in total. The van der Waals surface area contributed by atoms with E-state index in [1.54, 1.807) is 19.2 Å². The van der Waals surface area contributed by atoms with Crippen molar-refractivity contribution in [2.75, 3.05) is 19.9 Å². The number of carbonyl (C=O) groups excluding carboxylic acids is 1. The van der Waals surface area contributed by atoms with Crippen LogP contribution in [0.25, 0.3) is 0 Å². The van der Waals surface area contributed by atoms with E-state index >= 15 is 0 Å². The van der Waals surface area contributed by atoms with Crippen molar-refractivity contribution in [1.82, 2.24) is 4.90 Å². The predicted molar refractivity (Wildman–Crippen MR) is 95.6 cm³/mol. The second-order valence-corrected chi connectivity index (χ2v) is 8.25. The Hall–Kier alpha value is -2.34. The van der Waals surface area contributed by atoms with Crippen molar-refractivity contribution in [3.63, 3.8) is 0 Å². The Kier molecular flexibility index (Phi) is 4.81. The molecular formula is C19H21NO4S. The lowest BCUT2D eigenvalue weighted by Crippen LogP contribution is -2.30. The van der Waals surface area contributed by atoms with E-state index in [4.69, 9.17) is 4.74 Å². The molecule has 1 amide bonds. The molecule has 132 valence electrons. The van der Waals surface area contributed by atoms with Crippen LogP contribution in [0.5, 0.6) is 5.75 Å². The molecule has 0 bridgehead atoms. The summed E-state index contributed by atoms with van der Waals surface area (Å²) in [7, 11) is -1.72. The highest BCUT2D eigenvalue weighted by molar-refractivity contribution is 7.90. The van der Waals surface area contributed by atoms with Gasteiger partial charge in [-0.05, 0) is 48.7 Å². The molecule has 3 rings (SSSR count). The number of nitrogens with zero attached hydrogens (tertiary/aromatic N) is 1. The summed E-state index contributed by atoms with van der Waals surface area (Å²) in [4.78, 5) is 14.9. The molecule has 1 fully saturated rings. The van der Waals surface area contributed by atoms with Gasteiger partial charge in [0.05, 0.1) is 18.0 Å². The monoisotopic (exact) mass is 359 g/mol. The third kappa shape index (κ3) is 3.69. The van der Waals surface area contributed by atoms with Gasteiger partial charge < -0.3 is 9.64 Å². The van der Waals surface area contributed by atoms with Crippen LogP contribution < -0.4 is 4.74 Å². The summed E-state index contributed by atoms with van der Waals surface area (Å²) in [6.07, 6.45) is 2.96. The first-order chi connectivity index (χ1) is 11.9. The highest BCUT2D eigenvalue weighted by Crippen LogP contribution is 2.34. The van der Waals surface area contributed by atoms with Gasteiger partial charge in [0.2, 0.25) is 0 Å². The van der Waals surface area contributed by atoms with Gasteiger partial charge in [-0.2, -0.15) is 0 Å². The molecule has 1 aliphatic rings. The van der Waals surface area contributed by atoms with Crippen LogP contribution >= 0.6 is 0 Å². The summed E-state index contributed by atoms with van der Waals surface area (Å²) in [5.74, 6) is 0.643. The van der Waals surface area contributed by atoms with Crippen molar-refractivity contribution in [3.05, 3.63) is 59.7 Å². The van der Waals surface area contributed by atoms with E-state index in [-0.39, 0.29) is 16.8 Å². The van der Waals surface area contributed by atoms with E-state index in [1.165, 1.54) is 12.1 Å². The second-order valence-electron chi connectivity index (χ2n) is 6.23. The van der Waals surface area contributed by atoms with Crippen molar-refractivity contribution in [2.24, 2.45) is 0 Å². The molecule has 1 aliphatic heterocycles. The lowest BCUT2D eigenvalue weighted by atomic mass is 10.0.